The van der Waals surface area contributed by atoms with Crippen LogP contribution >= 0.6 is 24.0 Å². The predicted octanol–water partition coefficient (Wildman–Crippen LogP) is 2.59. The van der Waals surface area contributed by atoms with E-state index in [1.54, 1.807) is 11.4 Å². The molecule has 1 aromatic heterocycles. The van der Waals surface area contributed by atoms with Gasteiger partial charge in [-0.05, 0) is 17.5 Å². The molecule has 0 unspecified atom stereocenters. The van der Waals surface area contributed by atoms with Crippen LogP contribution in [-0.2, 0) is 0 Å². The topological polar surface area (TPSA) is 57.5 Å². The molecule has 1 heterocycles. The van der Waals surface area contributed by atoms with Crippen molar-refractivity contribution in [1.82, 2.24) is 0 Å². The zero-order valence-corrected chi connectivity index (χ0v) is 8.60. The quantitative estimate of drug-likeness (QED) is 0.655. The lowest BCUT2D eigenvalue weighted by Crippen LogP contribution is -1.97. The van der Waals surface area contributed by atoms with E-state index in [0.717, 1.165) is 0 Å². The molecule has 14 heavy (non-hydrogen) atoms. The van der Waals surface area contributed by atoms with E-state index in [0.29, 0.717) is 10.1 Å². The number of phenolic OH excluding ortho intramolecular Hbond substituents is 1. The first-order chi connectivity index (χ1) is 6.61. The summed E-state index contributed by atoms with van der Waals surface area (Å²) < 4.78 is 0.558. The van der Waals surface area contributed by atoms with E-state index in [1.807, 2.05) is 0 Å². The van der Waals surface area contributed by atoms with Gasteiger partial charge in [0, 0.05) is 10.3 Å². The SMILES string of the molecule is O=C(O)c1c(S)cc(O)c2ccsc12. The third kappa shape index (κ3) is 1.25. The Balaban J connectivity index is 2.93. The monoisotopic (exact) mass is 226 g/mol. The second kappa shape index (κ2) is 3.18. The molecule has 0 saturated heterocycles. The molecule has 0 radical (unpaired) electrons. The maximum absolute atomic E-state index is 10.9. The number of benzene rings is 1. The first-order valence-electron chi connectivity index (χ1n) is 3.76. The van der Waals surface area contributed by atoms with E-state index < -0.39 is 5.97 Å². The molecule has 0 amide bonds. The minimum absolute atomic E-state index is 0.0660. The van der Waals surface area contributed by atoms with Gasteiger partial charge in [0.1, 0.15) is 5.75 Å². The number of thiophene rings is 1. The van der Waals surface area contributed by atoms with Gasteiger partial charge < -0.3 is 10.2 Å². The maximum Gasteiger partial charge on any atom is 0.338 e. The Morgan fingerprint density at radius 2 is 2.21 bits per heavy atom. The highest BCUT2D eigenvalue weighted by molar-refractivity contribution is 7.80. The van der Waals surface area contributed by atoms with E-state index in [-0.39, 0.29) is 16.2 Å². The fourth-order valence-corrected chi connectivity index (χ4v) is 2.67. The van der Waals surface area contributed by atoms with Crippen LogP contribution in [0.25, 0.3) is 10.1 Å². The molecule has 0 fully saturated rings. The molecule has 0 bridgehead atoms. The summed E-state index contributed by atoms with van der Waals surface area (Å²) in [5, 5.41) is 20.8. The van der Waals surface area contributed by atoms with Crippen molar-refractivity contribution in [2.75, 3.05) is 0 Å². The first-order valence-corrected chi connectivity index (χ1v) is 5.09. The minimum atomic E-state index is -1.03. The van der Waals surface area contributed by atoms with Crippen molar-refractivity contribution in [2.24, 2.45) is 0 Å². The Morgan fingerprint density at radius 1 is 1.50 bits per heavy atom. The van der Waals surface area contributed by atoms with Crippen molar-refractivity contribution in [1.29, 1.82) is 0 Å². The van der Waals surface area contributed by atoms with Crippen molar-refractivity contribution in [3.8, 4) is 5.75 Å². The number of rotatable bonds is 1. The number of aromatic carboxylic acids is 1. The van der Waals surface area contributed by atoms with Gasteiger partial charge in [0.2, 0.25) is 0 Å². The lowest BCUT2D eigenvalue weighted by atomic mass is 10.1. The van der Waals surface area contributed by atoms with Crippen molar-refractivity contribution in [2.45, 2.75) is 4.90 Å². The number of carboxylic acid groups (broad SMARTS) is 1. The van der Waals surface area contributed by atoms with E-state index in [9.17, 15) is 9.90 Å². The van der Waals surface area contributed by atoms with Gasteiger partial charge in [0.15, 0.2) is 0 Å². The Morgan fingerprint density at radius 3 is 2.86 bits per heavy atom. The van der Waals surface area contributed by atoms with Crippen molar-refractivity contribution >= 4 is 40.0 Å². The summed E-state index contributed by atoms with van der Waals surface area (Å²) in [5.41, 5.74) is 0.149. The molecule has 0 atom stereocenters. The third-order valence-electron chi connectivity index (χ3n) is 1.91. The van der Waals surface area contributed by atoms with Crippen LogP contribution in [0.4, 0.5) is 0 Å². The van der Waals surface area contributed by atoms with Gasteiger partial charge in [-0.25, -0.2) is 4.79 Å². The van der Waals surface area contributed by atoms with E-state index in [2.05, 4.69) is 12.6 Å². The molecular weight excluding hydrogens is 220 g/mol. The second-order valence-corrected chi connectivity index (χ2v) is 4.16. The van der Waals surface area contributed by atoms with Crippen molar-refractivity contribution in [3.05, 3.63) is 23.1 Å². The van der Waals surface area contributed by atoms with Crippen LogP contribution in [0.5, 0.6) is 5.75 Å². The molecule has 0 aliphatic heterocycles. The van der Waals surface area contributed by atoms with E-state index in [1.165, 1.54) is 17.4 Å². The molecule has 3 nitrogen and oxygen atoms in total. The first kappa shape index (κ1) is 9.36. The summed E-state index contributed by atoms with van der Waals surface area (Å²) in [5.74, 6) is -0.960. The lowest BCUT2D eigenvalue weighted by Gasteiger charge is -2.03. The summed E-state index contributed by atoms with van der Waals surface area (Å²) in [6, 6.07) is 3.04. The van der Waals surface area contributed by atoms with Gasteiger partial charge in [-0.1, -0.05) is 0 Å². The molecule has 0 aliphatic rings. The van der Waals surface area contributed by atoms with Crippen LogP contribution in [0.15, 0.2) is 22.4 Å². The lowest BCUT2D eigenvalue weighted by molar-refractivity contribution is 0.0695. The number of aromatic hydroxyl groups is 1. The van der Waals surface area contributed by atoms with Gasteiger partial charge >= 0.3 is 5.97 Å². The Bertz CT molecular complexity index is 516. The van der Waals surface area contributed by atoms with Gasteiger partial charge in [-0.2, -0.15) is 0 Å². The molecule has 72 valence electrons. The number of hydrogen-bond acceptors (Lipinski definition) is 4. The van der Waals surface area contributed by atoms with Crippen LogP contribution in [0, 0.1) is 0 Å². The number of carboxylic acids is 1. The van der Waals surface area contributed by atoms with Crippen molar-refractivity contribution < 1.29 is 15.0 Å². The Labute approximate surface area is 89.0 Å². The Hall–Kier alpha value is -1.20. The van der Waals surface area contributed by atoms with Crippen LogP contribution < -0.4 is 0 Å². The average Bonchev–Trinajstić information content (AvgIpc) is 2.51. The zero-order chi connectivity index (χ0) is 10.3. The highest BCUT2D eigenvalue weighted by Gasteiger charge is 2.16. The summed E-state index contributed by atoms with van der Waals surface area (Å²) in [4.78, 5) is 11.2. The predicted molar refractivity (Wildman–Crippen MR) is 57.7 cm³/mol. The summed E-state index contributed by atoms with van der Waals surface area (Å²) in [6.45, 7) is 0. The van der Waals surface area contributed by atoms with Crippen LogP contribution in [0.2, 0.25) is 0 Å². The summed E-state index contributed by atoms with van der Waals surface area (Å²) in [6.07, 6.45) is 0. The van der Waals surface area contributed by atoms with Gasteiger partial charge in [-0.15, -0.1) is 24.0 Å². The smallest absolute Gasteiger partial charge is 0.338 e. The zero-order valence-electron chi connectivity index (χ0n) is 6.89. The molecule has 1 aromatic carbocycles. The molecule has 0 spiro atoms. The number of thiol groups is 1. The molecule has 2 aromatic rings. The molecule has 2 N–H and O–H groups in total. The second-order valence-electron chi connectivity index (χ2n) is 2.76. The number of phenols is 1. The van der Waals surface area contributed by atoms with Crippen LogP contribution in [0.1, 0.15) is 10.4 Å². The average molecular weight is 226 g/mol. The fourth-order valence-electron chi connectivity index (χ4n) is 1.31. The largest absolute Gasteiger partial charge is 0.507 e. The van der Waals surface area contributed by atoms with Gasteiger partial charge in [0.25, 0.3) is 0 Å². The Kier molecular flexibility index (Phi) is 2.13. The standard InChI is InChI=1S/C9H6O3S2/c10-5-3-6(13)7(9(11)12)8-4(5)1-2-14-8/h1-3,10,13H,(H,11,12). The number of hydrogen-bond donors (Lipinski definition) is 3. The van der Waals surface area contributed by atoms with Crippen LogP contribution in [-0.4, -0.2) is 16.2 Å². The minimum Gasteiger partial charge on any atom is -0.507 e. The van der Waals surface area contributed by atoms with Crippen LogP contribution in [0.3, 0.4) is 0 Å². The normalized spacial score (nSPS) is 10.6. The molecule has 0 aliphatic carbocycles. The van der Waals surface area contributed by atoms with E-state index >= 15 is 0 Å². The fraction of sp³-hybridized carbons (Fsp3) is 0. The van der Waals surface area contributed by atoms with Gasteiger partial charge in [0.05, 0.1) is 10.3 Å². The molecule has 0 saturated carbocycles. The molecular formula is C9H6O3S2. The molecule has 5 heteroatoms. The van der Waals surface area contributed by atoms with Gasteiger partial charge in [-0.3, -0.25) is 0 Å². The summed E-state index contributed by atoms with van der Waals surface area (Å²) >= 11 is 5.30. The number of fused-ring (bicyclic) bond motifs is 1. The third-order valence-corrected chi connectivity index (χ3v) is 3.20. The summed E-state index contributed by atoms with van der Waals surface area (Å²) in [7, 11) is 0. The highest BCUT2D eigenvalue weighted by atomic mass is 32.1. The van der Waals surface area contributed by atoms with Crippen molar-refractivity contribution in [3.63, 3.8) is 0 Å². The highest BCUT2D eigenvalue weighted by Crippen LogP contribution is 2.35. The number of carbonyl (C=O) groups is 1. The molecule has 2 rings (SSSR count). The van der Waals surface area contributed by atoms with E-state index in [4.69, 9.17) is 5.11 Å². The maximum atomic E-state index is 10.9.